The highest BCUT2D eigenvalue weighted by molar-refractivity contribution is 9.11. The van der Waals surface area contributed by atoms with Crippen molar-refractivity contribution < 1.29 is 9.53 Å². The SMILES string of the molecule is COc1cc(Nc2cc(C(N)=O)c(N)cn2)c(Br)cc1Br. The van der Waals surface area contributed by atoms with E-state index in [1.165, 1.54) is 12.3 Å². The minimum Gasteiger partial charge on any atom is -0.495 e. The molecule has 6 nitrogen and oxygen atoms in total. The fourth-order valence-corrected chi connectivity index (χ4v) is 2.92. The number of nitrogens with one attached hydrogen (secondary N) is 1. The molecule has 2 aromatic rings. The molecule has 0 spiro atoms. The third-order valence-electron chi connectivity index (χ3n) is 2.70. The van der Waals surface area contributed by atoms with Crippen LogP contribution in [0.15, 0.2) is 33.3 Å². The van der Waals surface area contributed by atoms with E-state index in [2.05, 4.69) is 42.2 Å². The molecule has 21 heavy (non-hydrogen) atoms. The summed E-state index contributed by atoms with van der Waals surface area (Å²) in [4.78, 5) is 15.4. The van der Waals surface area contributed by atoms with Gasteiger partial charge in [0.1, 0.15) is 11.6 Å². The quantitative estimate of drug-likeness (QED) is 0.711. The van der Waals surface area contributed by atoms with Crippen LogP contribution < -0.4 is 21.5 Å². The van der Waals surface area contributed by atoms with Gasteiger partial charge in [0.2, 0.25) is 0 Å². The number of benzene rings is 1. The Kier molecular flexibility index (Phi) is 4.69. The number of carbonyl (C=O) groups excluding carboxylic acids is 1. The number of nitrogens with zero attached hydrogens (tertiary/aromatic N) is 1. The zero-order chi connectivity index (χ0) is 15.6. The summed E-state index contributed by atoms with van der Waals surface area (Å²) in [7, 11) is 1.57. The Morgan fingerprint density at radius 1 is 1.29 bits per heavy atom. The van der Waals surface area contributed by atoms with E-state index >= 15 is 0 Å². The highest BCUT2D eigenvalue weighted by Crippen LogP contribution is 2.35. The minimum absolute atomic E-state index is 0.215. The Hall–Kier alpha value is -1.80. The van der Waals surface area contributed by atoms with Gasteiger partial charge in [-0.1, -0.05) is 0 Å². The zero-order valence-corrected chi connectivity index (χ0v) is 14.2. The summed E-state index contributed by atoms with van der Waals surface area (Å²) < 4.78 is 6.85. The van der Waals surface area contributed by atoms with Crippen LogP contribution in [0.2, 0.25) is 0 Å². The van der Waals surface area contributed by atoms with Gasteiger partial charge in [-0.3, -0.25) is 4.79 Å². The van der Waals surface area contributed by atoms with Crippen molar-refractivity contribution in [1.29, 1.82) is 0 Å². The molecule has 2 rings (SSSR count). The standard InChI is InChI=1S/C13H12Br2N4O2/c1-21-11-4-10(7(14)3-8(11)15)19-12-2-6(13(17)20)9(16)5-18-12/h2-5H,16H2,1H3,(H2,17,20)(H,18,19). The van der Waals surface area contributed by atoms with E-state index in [-0.39, 0.29) is 11.3 Å². The largest absolute Gasteiger partial charge is 0.495 e. The molecular formula is C13H12Br2N4O2. The number of amides is 1. The van der Waals surface area contributed by atoms with Gasteiger partial charge in [0, 0.05) is 10.5 Å². The predicted octanol–water partition coefficient (Wildman–Crippen LogP) is 3.04. The fraction of sp³-hybridized carbons (Fsp3) is 0.0769. The predicted molar refractivity (Wildman–Crippen MR) is 88.8 cm³/mol. The Labute approximate surface area is 138 Å². The van der Waals surface area contributed by atoms with Crippen LogP contribution in [-0.4, -0.2) is 18.0 Å². The molecule has 0 saturated carbocycles. The number of anilines is 3. The van der Waals surface area contributed by atoms with Crippen molar-refractivity contribution in [3.8, 4) is 5.75 Å². The van der Waals surface area contributed by atoms with Gasteiger partial charge in [-0.15, -0.1) is 0 Å². The van der Waals surface area contributed by atoms with E-state index in [9.17, 15) is 4.79 Å². The first-order valence-corrected chi connectivity index (χ1v) is 7.36. The average molecular weight is 416 g/mol. The van der Waals surface area contributed by atoms with Crippen molar-refractivity contribution in [2.45, 2.75) is 0 Å². The molecule has 1 amide bonds. The summed E-state index contributed by atoms with van der Waals surface area (Å²) in [6, 6.07) is 5.13. The molecule has 0 atom stereocenters. The van der Waals surface area contributed by atoms with Crippen LogP contribution in [0.3, 0.4) is 0 Å². The van der Waals surface area contributed by atoms with Gasteiger partial charge in [0.25, 0.3) is 5.91 Å². The molecule has 0 saturated heterocycles. The van der Waals surface area contributed by atoms with Crippen LogP contribution in [0.5, 0.6) is 5.75 Å². The number of hydrogen-bond acceptors (Lipinski definition) is 5. The molecule has 1 aromatic carbocycles. The smallest absolute Gasteiger partial charge is 0.250 e. The lowest BCUT2D eigenvalue weighted by atomic mass is 10.2. The third kappa shape index (κ3) is 3.45. The number of aromatic nitrogens is 1. The summed E-state index contributed by atoms with van der Waals surface area (Å²) in [5.41, 5.74) is 12.1. The summed E-state index contributed by atoms with van der Waals surface area (Å²) in [5.74, 6) is 0.500. The first kappa shape index (κ1) is 15.6. The lowest BCUT2D eigenvalue weighted by molar-refractivity contribution is 0.100. The number of hydrogen-bond donors (Lipinski definition) is 3. The number of nitrogen functional groups attached to an aromatic ring is 1. The summed E-state index contributed by atoms with van der Waals surface area (Å²) in [6.07, 6.45) is 1.38. The Bertz CT molecular complexity index is 707. The van der Waals surface area contributed by atoms with Crippen molar-refractivity contribution in [2.75, 3.05) is 18.2 Å². The molecule has 0 aliphatic rings. The van der Waals surface area contributed by atoms with Crippen LogP contribution in [-0.2, 0) is 0 Å². The number of primary amides is 1. The molecule has 0 aliphatic heterocycles. The van der Waals surface area contributed by atoms with Crippen molar-refractivity contribution >= 4 is 55.0 Å². The number of pyridine rings is 1. The number of methoxy groups -OCH3 is 1. The maximum absolute atomic E-state index is 11.3. The Balaban J connectivity index is 2.38. The van der Waals surface area contributed by atoms with E-state index < -0.39 is 5.91 Å². The number of ether oxygens (including phenoxy) is 1. The average Bonchev–Trinajstić information content (AvgIpc) is 2.43. The van der Waals surface area contributed by atoms with Crippen LogP contribution in [0.25, 0.3) is 0 Å². The normalized spacial score (nSPS) is 10.2. The maximum atomic E-state index is 11.3. The van der Waals surface area contributed by atoms with Crippen LogP contribution in [0, 0.1) is 0 Å². The van der Waals surface area contributed by atoms with Crippen LogP contribution in [0.1, 0.15) is 10.4 Å². The molecule has 1 aromatic heterocycles. The fourth-order valence-electron chi connectivity index (χ4n) is 1.67. The third-order valence-corrected chi connectivity index (χ3v) is 3.98. The summed E-state index contributed by atoms with van der Waals surface area (Å²) in [5, 5.41) is 3.07. The second-order valence-electron chi connectivity index (χ2n) is 4.11. The molecule has 0 radical (unpaired) electrons. The molecule has 0 fully saturated rings. The minimum atomic E-state index is -0.606. The van der Waals surface area contributed by atoms with Gasteiger partial charge in [0.05, 0.1) is 34.7 Å². The number of rotatable bonds is 4. The second kappa shape index (κ2) is 6.31. The number of halogens is 2. The molecule has 5 N–H and O–H groups in total. The molecule has 0 bridgehead atoms. The van der Waals surface area contributed by atoms with Crippen LogP contribution >= 0.6 is 31.9 Å². The van der Waals surface area contributed by atoms with Gasteiger partial charge in [-0.2, -0.15) is 0 Å². The molecule has 0 aliphatic carbocycles. The van der Waals surface area contributed by atoms with E-state index in [4.69, 9.17) is 16.2 Å². The highest BCUT2D eigenvalue weighted by Gasteiger charge is 2.11. The van der Waals surface area contributed by atoms with E-state index in [0.29, 0.717) is 11.6 Å². The first-order valence-electron chi connectivity index (χ1n) is 5.77. The van der Waals surface area contributed by atoms with Gasteiger partial charge >= 0.3 is 0 Å². The van der Waals surface area contributed by atoms with E-state index in [0.717, 1.165) is 14.6 Å². The van der Waals surface area contributed by atoms with Crippen molar-refractivity contribution in [3.63, 3.8) is 0 Å². The van der Waals surface area contributed by atoms with Crippen molar-refractivity contribution in [2.24, 2.45) is 5.73 Å². The highest BCUT2D eigenvalue weighted by atomic mass is 79.9. The van der Waals surface area contributed by atoms with Crippen molar-refractivity contribution in [3.05, 3.63) is 38.9 Å². The maximum Gasteiger partial charge on any atom is 0.250 e. The second-order valence-corrected chi connectivity index (χ2v) is 5.82. The van der Waals surface area contributed by atoms with Gasteiger partial charge in [0.15, 0.2) is 0 Å². The number of nitrogens with two attached hydrogens (primary N) is 2. The van der Waals surface area contributed by atoms with E-state index in [1.807, 2.05) is 6.07 Å². The van der Waals surface area contributed by atoms with Gasteiger partial charge < -0.3 is 21.5 Å². The monoisotopic (exact) mass is 414 g/mol. The Morgan fingerprint density at radius 3 is 2.62 bits per heavy atom. The summed E-state index contributed by atoms with van der Waals surface area (Å²) in [6.45, 7) is 0. The van der Waals surface area contributed by atoms with Gasteiger partial charge in [-0.25, -0.2) is 4.98 Å². The Morgan fingerprint density at radius 2 is 2.00 bits per heavy atom. The van der Waals surface area contributed by atoms with Gasteiger partial charge in [-0.05, 0) is 44.0 Å². The number of carbonyl (C=O) groups is 1. The first-order chi connectivity index (χ1) is 9.92. The lowest BCUT2D eigenvalue weighted by Gasteiger charge is -2.12. The molecule has 0 unspecified atom stereocenters. The zero-order valence-electron chi connectivity index (χ0n) is 11.0. The van der Waals surface area contributed by atoms with Crippen LogP contribution in [0.4, 0.5) is 17.2 Å². The molecular weight excluding hydrogens is 404 g/mol. The molecule has 110 valence electrons. The topological polar surface area (TPSA) is 103 Å². The molecule has 8 heteroatoms. The van der Waals surface area contributed by atoms with E-state index in [1.54, 1.807) is 13.2 Å². The molecule has 1 heterocycles. The van der Waals surface area contributed by atoms with Crippen molar-refractivity contribution in [1.82, 2.24) is 4.98 Å². The summed E-state index contributed by atoms with van der Waals surface area (Å²) >= 11 is 6.83. The lowest BCUT2D eigenvalue weighted by Crippen LogP contribution is -2.14.